The molecule has 7 heteroatoms. The predicted octanol–water partition coefficient (Wildman–Crippen LogP) is 4.90. The monoisotopic (exact) mass is 387 g/mol. The van der Waals surface area contributed by atoms with Crippen molar-refractivity contribution in [1.82, 2.24) is 4.98 Å². The molecule has 2 aromatic carbocycles. The van der Waals surface area contributed by atoms with Crippen molar-refractivity contribution in [1.29, 1.82) is 0 Å². The van der Waals surface area contributed by atoms with Crippen LogP contribution in [-0.4, -0.2) is 13.4 Å². The fourth-order valence-corrected chi connectivity index (χ4v) is 3.94. The summed E-state index contributed by atoms with van der Waals surface area (Å²) in [5, 5.41) is 3.44. The molecular formula is C19H18ClN3O2S. The molecule has 0 aliphatic heterocycles. The van der Waals surface area contributed by atoms with E-state index in [2.05, 4.69) is 15.0 Å². The molecule has 1 heterocycles. The molecule has 0 fully saturated rings. The van der Waals surface area contributed by atoms with E-state index >= 15 is 0 Å². The van der Waals surface area contributed by atoms with Gasteiger partial charge in [0.25, 0.3) is 10.0 Å². The van der Waals surface area contributed by atoms with E-state index in [4.69, 9.17) is 11.6 Å². The average Bonchev–Trinajstić information content (AvgIpc) is 2.60. The molecule has 0 spiro atoms. The van der Waals surface area contributed by atoms with Gasteiger partial charge >= 0.3 is 0 Å². The summed E-state index contributed by atoms with van der Waals surface area (Å²) < 4.78 is 27.3. The van der Waals surface area contributed by atoms with E-state index in [1.165, 1.54) is 12.1 Å². The number of aromatic nitrogens is 1. The summed E-state index contributed by atoms with van der Waals surface area (Å²) in [4.78, 5) is 4.19. The van der Waals surface area contributed by atoms with Crippen LogP contribution in [0.25, 0.3) is 0 Å². The number of nitrogens with one attached hydrogen (secondary N) is 2. The first-order valence-electron chi connectivity index (χ1n) is 7.93. The van der Waals surface area contributed by atoms with Gasteiger partial charge in [0.2, 0.25) is 0 Å². The van der Waals surface area contributed by atoms with Crippen LogP contribution in [0.3, 0.4) is 0 Å². The van der Waals surface area contributed by atoms with Gasteiger partial charge in [-0.05, 0) is 55.3 Å². The highest BCUT2D eigenvalue weighted by Crippen LogP contribution is 2.24. The standard InChI is InChI=1S/C19H18ClN3O2S/c1-13-7-8-14(2)17(11-13)22-15-9-10-19(21-12-15)23-26(24,25)18-6-4-3-5-16(18)20/h3-12,22H,1-2H3,(H,21,23). The first kappa shape index (κ1) is 18.2. The van der Waals surface area contributed by atoms with Gasteiger partial charge in [-0.1, -0.05) is 35.9 Å². The van der Waals surface area contributed by atoms with Crippen molar-refractivity contribution in [3.05, 3.63) is 76.9 Å². The molecule has 0 aliphatic rings. The predicted molar refractivity (Wildman–Crippen MR) is 106 cm³/mol. The van der Waals surface area contributed by atoms with Gasteiger partial charge in [-0.2, -0.15) is 0 Å². The van der Waals surface area contributed by atoms with E-state index in [1.807, 2.05) is 32.0 Å². The Labute approximate surface area is 158 Å². The minimum absolute atomic E-state index is 0.0149. The summed E-state index contributed by atoms with van der Waals surface area (Å²) in [5.74, 6) is 0.219. The molecule has 0 saturated heterocycles. The van der Waals surface area contributed by atoms with E-state index in [1.54, 1.807) is 30.5 Å². The van der Waals surface area contributed by atoms with Gasteiger partial charge in [0.05, 0.1) is 16.9 Å². The van der Waals surface area contributed by atoms with Crippen molar-refractivity contribution >= 4 is 38.8 Å². The molecule has 0 atom stereocenters. The molecule has 0 bridgehead atoms. The lowest BCUT2D eigenvalue weighted by Crippen LogP contribution is -2.14. The Morgan fingerprint density at radius 3 is 2.46 bits per heavy atom. The topological polar surface area (TPSA) is 71.1 Å². The number of nitrogens with zero attached hydrogens (tertiary/aromatic N) is 1. The van der Waals surface area contributed by atoms with Crippen molar-refractivity contribution in [3.8, 4) is 0 Å². The SMILES string of the molecule is Cc1ccc(C)c(Nc2ccc(NS(=O)(=O)c3ccccc3Cl)nc2)c1. The molecular weight excluding hydrogens is 370 g/mol. The number of hydrogen-bond acceptors (Lipinski definition) is 4. The Bertz CT molecular complexity index is 1030. The minimum Gasteiger partial charge on any atom is -0.354 e. The molecule has 3 rings (SSSR count). The zero-order valence-electron chi connectivity index (χ0n) is 14.3. The van der Waals surface area contributed by atoms with E-state index < -0.39 is 10.0 Å². The highest BCUT2D eigenvalue weighted by atomic mass is 35.5. The second-order valence-corrected chi connectivity index (χ2v) is 7.97. The molecule has 0 amide bonds. The van der Waals surface area contributed by atoms with E-state index in [0.29, 0.717) is 0 Å². The second kappa shape index (κ2) is 7.35. The maximum Gasteiger partial charge on any atom is 0.264 e. The molecule has 0 aliphatic carbocycles. The minimum atomic E-state index is -3.79. The van der Waals surface area contributed by atoms with Crippen LogP contribution in [0.5, 0.6) is 0 Å². The van der Waals surface area contributed by atoms with E-state index in [-0.39, 0.29) is 15.7 Å². The van der Waals surface area contributed by atoms with E-state index in [0.717, 1.165) is 22.5 Å². The van der Waals surface area contributed by atoms with Gasteiger partial charge in [-0.3, -0.25) is 4.72 Å². The Morgan fingerprint density at radius 1 is 1.00 bits per heavy atom. The summed E-state index contributed by atoms with van der Waals surface area (Å²) in [5.41, 5.74) is 4.00. The Hall–Kier alpha value is -2.57. The number of benzene rings is 2. The second-order valence-electron chi connectivity index (χ2n) is 5.91. The fraction of sp³-hybridized carbons (Fsp3) is 0.105. The molecule has 5 nitrogen and oxygen atoms in total. The summed E-state index contributed by atoms with van der Waals surface area (Å²) in [6.45, 7) is 4.04. The first-order valence-corrected chi connectivity index (χ1v) is 9.79. The van der Waals surface area contributed by atoms with Crippen molar-refractivity contribution in [2.24, 2.45) is 0 Å². The number of pyridine rings is 1. The summed E-state index contributed by atoms with van der Waals surface area (Å²) in [7, 11) is -3.79. The molecule has 134 valence electrons. The number of halogens is 1. The van der Waals surface area contributed by atoms with E-state index in [9.17, 15) is 8.42 Å². The zero-order chi connectivity index (χ0) is 18.7. The van der Waals surface area contributed by atoms with Crippen molar-refractivity contribution in [3.63, 3.8) is 0 Å². The highest BCUT2D eigenvalue weighted by molar-refractivity contribution is 7.92. The van der Waals surface area contributed by atoms with Gasteiger partial charge in [0.15, 0.2) is 0 Å². The third-order valence-electron chi connectivity index (χ3n) is 3.80. The van der Waals surface area contributed by atoms with Crippen LogP contribution in [0.1, 0.15) is 11.1 Å². The van der Waals surface area contributed by atoms with Crippen molar-refractivity contribution in [2.75, 3.05) is 10.0 Å². The third kappa shape index (κ3) is 4.15. The normalized spacial score (nSPS) is 11.2. The van der Waals surface area contributed by atoms with Crippen molar-refractivity contribution in [2.45, 2.75) is 18.7 Å². The van der Waals surface area contributed by atoms with Crippen LogP contribution >= 0.6 is 11.6 Å². The van der Waals surface area contributed by atoms with Gasteiger partial charge in [0, 0.05) is 5.69 Å². The Morgan fingerprint density at radius 2 is 1.77 bits per heavy atom. The smallest absolute Gasteiger partial charge is 0.264 e. The van der Waals surface area contributed by atoms with Gasteiger partial charge in [-0.25, -0.2) is 13.4 Å². The number of aryl methyl sites for hydroxylation is 2. The fourth-order valence-electron chi connectivity index (χ4n) is 2.41. The van der Waals surface area contributed by atoms with Crippen LogP contribution in [0.4, 0.5) is 17.2 Å². The molecule has 2 N–H and O–H groups in total. The van der Waals surface area contributed by atoms with Crippen molar-refractivity contribution < 1.29 is 8.42 Å². The van der Waals surface area contributed by atoms with Crippen LogP contribution in [0.15, 0.2) is 65.7 Å². The lowest BCUT2D eigenvalue weighted by molar-refractivity contribution is 0.601. The average molecular weight is 388 g/mol. The lowest BCUT2D eigenvalue weighted by atomic mass is 10.1. The third-order valence-corrected chi connectivity index (χ3v) is 5.66. The first-order chi connectivity index (χ1) is 12.3. The number of sulfonamides is 1. The largest absolute Gasteiger partial charge is 0.354 e. The molecule has 0 radical (unpaired) electrons. The Balaban J connectivity index is 1.78. The molecule has 3 aromatic rings. The quantitative estimate of drug-likeness (QED) is 0.653. The Kier molecular flexibility index (Phi) is 5.15. The van der Waals surface area contributed by atoms with Gasteiger partial charge in [0.1, 0.15) is 10.7 Å². The lowest BCUT2D eigenvalue weighted by Gasteiger charge is -2.12. The van der Waals surface area contributed by atoms with Gasteiger partial charge in [-0.15, -0.1) is 0 Å². The zero-order valence-corrected chi connectivity index (χ0v) is 15.9. The number of hydrogen-bond donors (Lipinski definition) is 2. The van der Waals surface area contributed by atoms with Gasteiger partial charge < -0.3 is 5.32 Å². The number of anilines is 3. The van der Waals surface area contributed by atoms with Crippen LogP contribution < -0.4 is 10.0 Å². The molecule has 0 unspecified atom stereocenters. The maximum absolute atomic E-state index is 12.4. The summed E-state index contributed by atoms with van der Waals surface area (Å²) >= 11 is 5.97. The summed E-state index contributed by atoms with van der Waals surface area (Å²) in [6.07, 6.45) is 1.58. The highest BCUT2D eigenvalue weighted by Gasteiger charge is 2.17. The van der Waals surface area contributed by atoms with Crippen LogP contribution in [0, 0.1) is 13.8 Å². The van der Waals surface area contributed by atoms with Crippen LogP contribution in [0.2, 0.25) is 5.02 Å². The molecule has 1 aromatic heterocycles. The number of rotatable bonds is 5. The molecule has 0 saturated carbocycles. The molecule has 26 heavy (non-hydrogen) atoms. The van der Waals surface area contributed by atoms with Crippen LogP contribution in [-0.2, 0) is 10.0 Å². The summed E-state index contributed by atoms with van der Waals surface area (Å²) in [6, 6.07) is 15.8. The maximum atomic E-state index is 12.4.